The largest absolute Gasteiger partial charge is 0.338 e. The topological polar surface area (TPSA) is 58.1 Å². The molecule has 3 aromatic rings. The molecule has 0 saturated carbocycles. The average Bonchev–Trinajstić information content (AvgIpc) is 3.31. The van der Waals surface area contributed by atoms with E-state index >= 15 is 0 Å². The Morgan fingerprint density at radius 3 is 2.75 bits per heavy atom. The number of hydrogen-bond acceptors (Lipinski definition) is 4. The first-order valence-electron chi connectivity index (χ1n) is 9.67. The number of halogens is 1. The van der Waals surface area contributed by atoms with Crippen molar-refractivity contribution in [2.45, 2.75) is 6.42 Å². The standard InChI is InChI=1S/C22H21FN4O/c23-20-6-5-14(8-21-18-4-2-1-3-15(18)11-25-26-21)7-19(20)22(28)27-12-16-9-24-10-17(16)13-27/h1-7,11,16-17,24H,8-10,12-13H2. The molecule has 0 radical (unpaired) electrons. The number of nitrogens with zero attached hydrogens (tertiary/aromatic N) is 3. The van der Waals surface area contributed by atoms with Gasteiger partial charge in [-0.1, -0.05) is 30.3 Å². The molecule has 1 N–H and O–H groups in total. The molecule has 0 spiro atoms. The second-order valence-corrected chi connectivity index (χ2v) is 7.76. The predicted octanol–water partition coefficient (Wildman–Crippen LogP) is 2.65. The Morgan fingerprint density at radius 1 is 1.14 bits per heavy atom. The third-order valence-electron chi connectivity index (χ3n) is 5.96. The van der Waals surface area contributed by atoms with Crippen LogP contribution in [0.2, 0.25) is 0 Å². The molecule has 1 aromatic heterocycles. The van der Waals surface area contributed by atoms with Crippen LogP contribution in [0.5, 0.6) is 0 Å². The van der Waals surface area contributed by atoms with Crippen LogP contribution in [0.25, 0.3) is 10.8 Å². The van der Waals surface area contributed by atoms with Gasteiger partial charge in [-0.05, 0) is 29.5 Å². The summed E-state index contributed by atoms with van der Waals surface area (Å²) in [5.74, 6) is 0.299. The summed E-state index contributed by atoms with van der Waals surface area (Å²) in [6.07, 6.45) is 2.24. The zero-order valence-corrected chi connectivity index (χ0v) is 15.4. The van der Waals surface area contributed by atoms with E-state index in [0.717, 1.165) is 35.1 Å². The van der Waals surface area contributed by atoms with Gasteiger partial charge < -0.3 is 10.2 Å². The molecule has 142 valence electrons. The number of carbonyl (C=O) groups excluding carboxylic acids is 1. The Morgan fingerprint density at radius 2 is 1.93 bits per heavy atom. The first-order valence-corrected chi connectivity index (χ1v) is 9.67. The molecule has 2 aliphatic heterocycles. The molecule has 6 heteroatoms. The van der Waals surface area contributed by atoms with Crippen LogP contribution in [0.1, 0.15) is 21.6 Å². The highest BCUT2D eigenvalue weighted by molar-refractivity contribution is 5.95. The summed E-state index contributed by atoms with van der Waals surface area (Å²) in [6, 6.07) is 12.7. The Bertz CT molecular complexity index is 1040. The molecule has 2 saturated heterocycles. The Labute approximate surface area is 162 Å². The molecule has 5 nitrogen and oxygen atoms in total. The second-order valence-electron chi connectivity index (χ2n) is 7.76. The minimum atomic E-state index is -0.465. The Balaban J connectivity index is 1.42. The molecular weight excluding hydrogens is 355 g/mol. The summed E-state index contributed by atoms with van der Waals surface area (Å²) in [7, 11) is 0. The van der Waals surface area contributed by atoms with Gasteiger partial charge in [-0.3, -0.25) is 4.79 Å². The van der Waals surface area contributed by atoms with Gasteiger partial charge in [-0.25, -0.2) is 4.39 Å². The molecule has 2 fully saturated rings. The van der Waals surface area contributed by atoms with Crippen molar-refractivity contribution < 1.29 is 9.18 Å². The molecular formula is C22H21FN4O. The van der Waals surface area contributed by atoms with Gasteiger partial charge in [0.15, 0.2) is 0 Å². The first-order chi connectivity index (χ1) is 13.7. The van der Waals surface area contributed by atoms with E-state index in [1.165, 1.54) is 6.07 Å². The van der Waals surface area contributed by atoms with Crippen LogP contribution in [-0.2, 0) is 6.42 Å². The predicted molar refractivity (Wildman–Crippen MR) is 104 cm³/mol. The van der Waals surface area contributed by atoms with Gasteiger partial charge in [0, 0.05) is 43.4 Å². The quantitative estimate of drug-likeness (QED) is 0.764. The molecule has 0 aliphatic carbocycles. The highest BCUT2D eigenvalue weighted by Crippen LogP contribution is 2.28. The number of benzene rings is 2. The third kappa shape index (κ3) is 3.03. The van der Waals surface area contributed by atoms with Crippen molar-refractivity contribution in [2.24, 2.45) is 11.8 Å². The van der Waals surface area contributed by atoms with Gasteiger partial charge in [0.25, 0.3) is 5.91 Å². The summed E-state index contributed by atoms with van der Waals surface area (Å²) in [4.78, 5) is 14.8. The number of nitrogens with one attached hydrogen (secondary N) is 1. The van der Waals surface area contributed by atoms with Crippen LogP contribution in [0.15, 0.2) is 48.7 Å². The number of rotatable bonds is 3. The molecule has 2 aliphatic rings. The lowest BCUT2D eigenvalue weighted by atomic mass is 10.0. The molecule has 2 aromatic carbocycles. The fourth-order valence-corrected chi connectivity index (χ4v) is 4.45. The molecule has 2 unspecified atom stereocenters. The van der Waals surface area contributed by atoms with E-state index in [-0.39, 0.29) is 11.5 Å². The lowest BCUT2D eigenvalue weighted by molar-refractivity contribution is 0.0777. The molecule has 2 atom stereocenters. The lowest BCUT2D eigenvalue weighted by Gasteiger charge is -2.18. The van der Waals surface area contributed by atoms with Crippen molar-refractivity contribution in [2.75, 3.05) is 26.2 Å². The fourth-order valence-electron chi connectivity index (χ4n) is 4.45. The molecule has 5 rings (SSSR count). The highest BCUT2D eigenvalue weighted by Gasteiger charge is 2.38. The number of hydrogen-bond donors (Lipinski definition) is 1. The number of amides is 1. The first kappa shape index (κ1) is 17.3. The van der Waals surface area contributed by atoms with Crippen LogP contribution in [0, 0.1) is 17.7 Å². The molecule has 28 heavy (non-hydrogen) atoms. The van der Waals surface area contributed by atoms with E-state index in [0.29, 0.717) is 31.3 Å². The van der Waals surface area contributed by atoms with Crippen LogP contribution in [0.3, 0.4) is 0 Å². The van der Waals surface area contributed by atoms with E-state index in [1.807, 2.05) is 24.3 Å². The zero-order chi connectivity index (χ0) is 19.1. The van der Waals surface area contributed by atoms with Crippen molar-refractivity contribution in [3.63, 3.8) is 0 Å². The zero-order valence-electron chi connectivity index (χ0n) is 15.4. The normalized spacial score (nSPS) is 21.2. The smallest absolute Gasteiger partial charge is 0.256 e. The molecule has 1 amide bonds. The monoisotopic (exact) mass is 376 g/mol. The van der Waals surface area contributed by atoms with Gasteiger partial charge in [-0.15, -0.1) is 0 Å². The lowest BCUT2D eigenvalue weighted by Crippen LogP contribution is -2.32. The number of fused-ring (bicyclic) bond motifs is 2. The van der Waals surface area contributed by atoms with E-state index in [2.05, 4.69) is 15.5 Å². The van der Waals surface area contributed by atoms with Crippen molar-refractivity contribution in [1.82, 2.24) is 20.4 Å². The third-order valence-corrected chi connectivity index (χ3v) is 5.96. The van der Waals surface area contributed by atoms with Gasteiger partial charge in [0.1, 0.15) is 5.82 Å². The van der Waals surface area contributed by atoms with E-state index < -0.39 is 5.82 Å². The van der Waals surface area contributed by atoms with E-state index in [9.17, 15) is 9.18 Å². The maximum Gasteiger partial charge on any atom is 0.256 e. The van der Waals surface area contributed by atoms with Gasteiger partial charge in [0.05, 0.1) is 17.5 Å². The Kier molecular flexibility index (Phi) is 4.28. The van der Waals surface area contributed by atoms with E-state index in [4.69, 9.17) is 0 Å². The van der Waals surface area contributed by atoms with Gasteiger partial charge >= 0.3 is 0 Å². The molecule has 0 bridgehead atoms. The second kappa shape index (κ2) is 6.95. The van der Waals surface area contributed by atoms with Gasteiger partial charge in [0.2, 0.25) is 0 Å². The summed E-state index contributed by atoms with van der Waals surface area (Å²) < 4.78 is 14.5. The summed E-state index contributed by atoms with van der Waals surface area (Å²) in [5.41, 5.74) is 1.83. The van der Waals surface area contributed by atoms with Crippen LogP contribution >= 0.6 is 0 Å². The van der Waals surface area contributed by atoms with Crippen LogP contribution in [-0.4, -0.2) is 47.2 Å². The highest BCUT2D eigenvalue weighted by atomic mass is 19.1. The Hall–Kier alpha value is -2.86. The molecule has 3 heterocycles. The van der Waals surface area contributed by atoms with Gasteiger partial charge in [-0.2, -0.15) is 10.2 Å². The van der Waals surface area contributed by atoms with E-state index in [1.54, 1.807) is 23.2 Å². The SMILES string of the molecule is O=C(c1cc(Cc2nncc3ccccc23)ccc1F)N1CC2CNCC2C1. The van der Waals surface area contributed by atoms with Crippen molar-refractivity contribution in [3.05, 3.63) is 71.3 Å². The summed E-state index contributed by atoms with van der Waals surface area (Å²) in [6.45, 7) is 3.29. The number of likely N-dealkylation sites (tertiary alicyclic amines) is 1. The minimum Gasteiger partial charge on any atom is -0.338 e. The maximum atomic E-state index is 14.5. The average molecular weight is 376 g/mol. The summed E-state index contributed by atoms with van der Waals surface area (Å²) >= 11 is 0. The number of carbonyl (C=O) groups is 1. The number of aromatic nitrogens is 2. The minimum absolute atomic E-state index is 0.152. The fraction of sp³-hybridized carbons (Fsp3) is 0.318. The maximum absolute atomic E-state index is 14.5. The van der Waals surface area contributed by atoms with Crippen molar-refractivity contribution in [1.29, 1.82) is 0 Å². The van der Waals surface area contributed by atoms with Crippen molar-refractivity contribution >= 4 is 16.7 Å². The van der Waals surface area contributed by atoms with Crippen molar-refractivity contribution in [3.8, 4) is 0 Å². The van der Waals surface area contributed by atoms with Crippen LogP contribution in [0.4, 0.5) is 4.39 Å². The van der Waals surface area contributed by atoms with Crippen LogP contribution < -0.4 is 5.32 Å². The summed E-state index contributed by atoms with van der Waals surface area (Å²) in [5, 5.41) is 13.7.